The summed E-state index contributed by atoms with van der Waals surface area (Å²) in [5.41, 5.74) is 3.57. The van der Waals surface area contributed by atoms with Crippen LogP contribution in [0.2, 0.25) is 0 Å². The average Bonchev–Trinajstić information content (AvgIpc) is 2.73. The molecule has 0 radical (unpaired) electrons. The topological polar surface area (TPSA) is 63.4 Å². The molecular formula is C12H14N2O3. The second-order valence-corrected chi connectivity index (χ2v) is 3.50. The molecule has 5 nitrogen and oxygen atoms in total. The third-order valence-electron chi connectivity index (χ3n) is 2.34. The van der Waals surface area contributed by atoms with Gasteiger partial charge in [-0.05, 0) is 25.1 Å². The standard InChI is InChI=1S/C12H14N2O3/c1-3-17-9-5-4-8-6-11(12(15)14-16-2)13-10(8)7-9/h4-7,13H,3H2,1-2H3,(H,14,15). The lowest BCUT2D eigenvalue weighted by Gasteiger charge is -2.01. The summed E-state index contributed by atoms with van der Waals surface area (Å²) in [5, 5.41) is 0.953. The molecule has 0 unspecified atom stereocenters. The molecule has 0 aliphatic carbocycles. The van der Waals surface area contributed by atoms with Crippen molar-refractivity contribution in [3.63, 3.8) is 0 Å². The Balaban J connectivity index is 2.33. The molecule has 0 spiro atoms. The monoisotopic (exact) mass is 234 g/mol. The van der Waals surface area contributed by atoms with Gasteiger partial charge in [0.05, 0.1) is 13.7 Å². The molecule has 1 heterocycles. The van der Waals surface area contributed by atoms with Crippen LogP contribution >= 0.6 is 0 Å². The Bertz CT molecular complexity index is 534. The van der Waals surface area contributed by atoms with Crippen molar-refractivity contribution in [1.29, 1.82) is 0 Å². The zero-order valence-electron chi connectivity index (χ0n) is 9.74. The summed E-state index contributed by atoms with van der Waals surface area (Å²) >= 11 is 0. The van der Waals surface area contributed by atoms with Gasteiger partial charge in [-0.2, -0.15) is 0 Å². The number of aromatic nitrogens is 1. The van der Waals surface area contributed by atoms with Gasteiger partial charge in [-0.3, -0.25) is 9.63 Å². The molecule has 0 bridgehead atoms. The van der Waals surface area contributed by atoms with Gasteiger partial charge in [-0.25, -0.2) is 5.48 Å². The van der Waals surface area contributed by atoms with Crippen molar-refractivity contribution in [2.45, 2.75) is 6.92 Å². The molecule has 1 aromatic carbocycles. The molecule has 0 aliphatic heterocycles. The summed E-state index contributed by atoms with van der Waals surface area (Å²) in [6.07, 6.45) is 0. The van der Waals surface area contributed by atoms with Gasteiger partial charge in [-0.15, -0.1) is 0 Å². The maximum absolute atomic E-state index is 11.5. The van der Waals surface area contributed by atoms with Gasteiger partial charge in [-0.1, -0.05) is 0 Å². The molecule has 1 aromatic heterocycles. The van der Waals surface area contributed by atoms with Crippen LogP contribution in [0.1, 0.15) is 17.4 Å². The minimum Gasteiger partial charge on any atom is -0.494 e. The second-order valence-electron chi connectivity index (χ2n) is 3.50. The normalized spacial score (nSPS) is 10.5. The van der Waals surface area contributed by atoms with E-state index in [2.05, 4.69) is 15.3 Å². The van der Waals surface area contributed by atoms with E-state index >= 15 is 0 Å². The van der Waals surface area contributed by atoms with E-state index in [4.69, 9.17) is 4.74 Å². The Morgan fingerprint density at radius 3 is 2.94 bits per heavy atom. The number of aromatic amines is 1. The Kier molecular flexibility index (Phi) is 3.30. The van der Waals surface area contributed by atoms with Crippen LogP contribution in [0.15, 0.2) is 24.3 Å². The Hall–Kier alpha value is -2.01. The fraction of sp³-hybridized carbons (Fsp3) is 0.250. The number of H-pyrrole nitrogens is 1. The lowest BCUT2D eigenvalue weighted by atomic mass is 10.2. The zero-order valence-corrected chi connectivity index (χ0v) is 9.74. The smallest absolute Gasteiger partial charge is 0.291 e. The van der Waals surface area contributed by atoms with E-state index in [-0.39, 0.29) is 5.91 Å². The summed E-state index contributed by atoms with van der Waals surface area (Å²) in [5.74, 6) is 0.474. The molecule has 90 valence electrons. The van der Waals surface area contributed by atoms with Gasteiger partial charge in [0.1, 0.15) is 11.4 Å². The summed E-state index contributed by atoms with van der Waals surface area (Å²) in [6.45, 7) is 2.54. The number of benzene rings is 1. The van der Waals surface area contributed by atoms with Crippen molar-refractivity contribution >= 4 is 16.8 Å². The minimum absolute atomic E-state index is 0.304. The second kappa shape index (κ2) is 4.88. The van der Waals surface area contributed by atoms with Gasteiger partial charge in [0.25, 0.3) is 5.91 Å². The predicted molar refractivity (Wildman–Crippen MR) is 63.9 cm³/mol. The highest BCUT2D eigenvalue weighted by Crippen LogP contribution is 2.21. The highest BCUT2D eigenvalue weighted by Gasteiger charge is 2.09. The molecule has 0 saturated heterocycles. The molecule has 17 heavy (non-hydrogen) atoms. The molecule has 2 N–H and O–H groups in total. The number of carbonyl (C=O) groups is 1. The van der Waals surface area contributed by atoms with Gasteiger partial charge in [0, 0.05) is 17.0 Å². The first-order valence-electron chi connectivity index (χ1n) is 5.33. The van der Waals surface area contributed by atoms with E-state index in [9.17, 15) is 4.79 Å². The first-order valence-corrected chi connectivity index (χ1v) is 5.33. The van der Waals surface area contributed by atoms with E-state index in [1.807, 2.05) is 25.1 Å². The molecule has 2 rings (SSSR count). The third-order valence-corrected chi connectivity index (χ3v) is 2.34. The zero-order chi connectivity index (χ0) is 12.3. The average molecular weight is 234 g/mol. The Labute approximate surface area is 98.7 Å². The van der Waals surface area contributed by atoms with Crippen LogP contribution in [0.25, 0.3) is 10.9 Å². The number of hydrogen-bond donors (Lipinski definition) is 2. The maximum atomic E-state index is 11.5. The van der Waals surface area contributed by atoms with Gasteiger partial charge < -0.3 is 9.72 Å². The van der Waals surface area contributed by atoms with Crippen molar-refractivity contribution in [2.75, 3.05) is 13.7 Å². The van der Waals surface area contributed by atoms with Crippen LogP contribution in [0.3, 0.4) is 0 Å². The Morgan fingerprint density at radius 2 is 2.24 bits per heavy atom. The minimum atomic E-state index is -0.304. The van der Waals surface area contributed by atoms with Gasteiger partial charge in [0.15, 0.2) is 0 Å². The third kappa shape index (κ3) is 2.39. The summed E-state index contributed by atoms with van der Waals surface area (Å²) < 4.78 is 5.39. The summed E-state index contributed by atoms with van der Waals surface area (Å²) in [4.78, 5) is 19.1. The first kappa shape index (κ1) is 11.5. The number of nitrogens with one attached hydrogen (secondary N) is 2. The number of ether oxygens (including phenoxy) is 1. The maximum Gasteiger partial charge on any atom is 0.291 e. The van der Waals surface area contributed by atoms with Crippen LogP contribution in [0, 0.1) is 0 Å². The predicted octanol–water partition coefficient (Wildman–Crippen LogP) is 1.86. The molecule has 0 aliphatic rings. The van der Waals surface area contributed by atoms with E-state index in [0.29, 0.717) is 12.3 Å². The first-order chi connectivity index (χ1) is 8.24. The number of hydroxylamine groups is 1. The van der Waals surface area contributed by atoms with Crippen molar-refractivity contribution in [2.24, 2.45) is 0 Å². The van der Waals surface area contributed by atoms with Crippen LogP contribution in [0.5, 0.6) is 5.75 Å². The van der Waals surface area contributed by atoms with Crippen molar-refractivity contribution in [3.8, 4) is 5.75 Å². The summed E-state index contributed by atoms with van der Waals surface area (Å²) in [7, 11) is 1.40. The van der Waals surface area contributed by atoms with E-state index < -0.39 is 0 Å². The van der Waals surface area contributed by atoms with Gasteiger partial charge in [0.2, 0.25) is 0 Å². The summed E-state index contributed by atoms with van der Waals surface area (Å²) in [6, 6.07) is 7.40. The molecule has 0 atom stereocenters. The highest BCUT2D eigenvalue weighted by molar-refractivity contribution is 5.97. The number of rotatable bonds is 4. The molecule has 2 aromatic rings. The van der Waals surface area contributed by atoms with E-state index in [1.54, 1.807) is 6.07 Å². The van der Waals surface area contributed by atoms with Crippen molar-refractivity contribution in [3.05, 3.63) is 30.0 Å². The molecule has 0 saturated carbocycles. The number of carbonyl (C=O) groups excluding carboxylic acids is 1. The number of hydrogen-bond acceptors (Lipinski definition) is 3. The van der Waals surface area contributed by atoms with Crippen LogP contribution < -0.4 is 10.2 Å². The highest BCUT2D eigenvalue weighted by atomic mass is 16.6. The van der Waals surface area contributed by atoms with Crippen LogP contribution in [-0.4, -0.2) is 24.6 Å². The SMILES string of the molecule is CCOc1ccc2cc(C(=O)NOC)[nH]c2c1. The largest absolute Gasteiger partial charge is 0.494 e. The van der Waals surface area contributed by atoms with Crippen LogP contribution in [-0.2, 0) is 4.84 Å². The molecule has 0 fully saturated rings. The van der Waals surface area contributed by atoms with Crippen molar-refractivity contribution in [1.82, 2.24) is 10.5 Å². The van der Waals surface area contributed by atoms with Crippen LogP contribution in [0.4, 0.5) is 0 Å². The van der Waals surface area contributed by atoms with Crippen molar-refractivity contribution < 1.29 is 14.4 Å². The fourth-order valence-electron chi connectivity index (χ4n) is 1.63. The lowest BCUT2D eigenvalue weighted by Crippen LogP contribution is -2.21. The Morgan fingerprint density at radius 1 is 1.41 bits per heavy atom. The molecular weight excluding hydrogens is 220 g/mol. The number of amides is 1. The lowest BCUT2D eigenvalue weighted by molar-refractivity contribution is 0.0533. The number of fused-ring (bicyclic) bond motifs is 1. The molecule has 5 heteroatoms. The van der Waals surface area contributed by atoms with E-state index in [0.717, 1.165) is 16.7 Å². The molecule has 1 amide bonds. The van der Waals surface area contributed by atoms with E-state index in [1.165, 1.54) is 7.11 Å². The fourth-order valence-corrected chi connectivity index (χ4v) is 1.63. The quantitative estimate of drug-likeness (QED) is 0.794. The van der Waals surface area contributed by atoms with Gasteiger partial charge >= 0.3 is 0 Å².